The minimum Gasteiger partial charge on any atom is -0.360 e. The molecule has 1 aliphatic carbocycles. The maximum Gasteiger partial charge on any atom is 0.273 e. The molecule has 150 valence electrons. The minimum atomic E-state index is -0.257. The van der Waals surface area contributed by atoms with Crippen LogP contribution in [0, 0.1) is 5.41 Å². The Labute approximate surface area is 169 Å². The van der Waals surface area contributed by atoms with Crippen LogP contribution in [-0.2, 0) is 6.42 Å². The maximum atomic E-state index is 12.8. The summed E-state index contributed by atoms with van der Waals surface area (Å²) in [4.78, 5) is 30.3. The lowest BCUT2D eigenvalue weighted by Gasteiger charge is -2.36. The Bertz CT molecular complexity index is 1030. The van der Waals surface area contributed by atoms with Crippen LogP contribution < -0.4 is 5.32 Å². The topological polar surface area (TPSA) is 107 Å². The summed E-state index contributed by atoms with van der Waals surface area (Å²) in [5, 5.41) is 7.00. The molecule has 0 bridgehead atoms. The smallest absolute Gasteiger partial charge is 0.273 e. The van der Waals surface area contributed by atoms with E-state index in [9.17, 15) is 4.79 Å². The molecule has 4 rings (SSSR count). The van der Waals surface area contributed by atoms with Crippen molar-refractivity contribution in [2.24, 2.45) is 5.41 Å². The highest BCUT2D eigenvalue weighted by Gasteiger charge is 2.35. The molecule has 3 aromatic rings. The van der Waals surface area contributed by atoms with Gasteiger partial charge in [0.05, 0.1) is 17.9 Å². The van der Waals surface area contributed by atoms with E-state index in [4.69, 9.17) is 9.51 Å². The normalized spacial score (nSPS) is 17.8. The van der Waals surface area contributed by atoms with Crippen LogP contribution in [0.4, 0.5) is 0 Å². The van der Waals surface area contributed by atoms with Crippen molar-refractivity contribution in [2.45, 2.75) is 52.5 Å². The van der Waals surface area contributed by atoms with E-state index in [-0.39, 0.29) is 29.0 Å². The van der Waals surface area contributed by atoms with E-state index in [1.807, 2.05) is 13.8 Å². The monoisotopic (exact) mass is 392 g/mol. The van der Waals surface area contributed by atoms with E-state index in [0.717, 1.165) is 24.1 Å². The van der Waals surface area contributed by atoms with Crippen molar-refractivity contribution >= 4 is 5.91 Å². The largest absolute Gasteiger partial charge is 0.360 e. The van der Waals surface area contributed by atoms with Gasteiger partial charge in [-0.15, -0.1) is 0 Å². The molecule has 3 heterocycles. The molecule has 8 nitrogen and oxygen atoms in total. The Hall–Kier alpha value is -3.16. The molecule has 1 aliphatic rings. The Morgan fingerprint density at radius 3 is 2.76 bits per heavy atom. The molecule has 0 aliphatic heterocycles. The molecule has 0 saturated heterocycles. The number of hydrogen-bond acceptors (Lipinski definition) is 7. The van der Waals surface area contributed by atoms with E-state index in [1.54, 1.807) is 30.9 Å². The second kappa shape index (κ2) is 7.35. The van der Waals surface area contributed by atoms with Crippen LogP contribution in [0.1, 0.15) is 73.6 Å². The fourth-order valence-electron chi connectivity index (χ4n) is 3.61. The highest BCUT2D eigenvalue weighted by Crippen LogP contribution is 2.40. The summed E-state index contributed by atoms with van der Waals surface area (Å²) in [6.45, 7) is 8.33. The number of carbonyl (C=O) groups excluding carboxylic acids is 1. The lowest BCUT2D eigenvalue weighted by Crippen LogP contribution is -2.37. The third-order valence-electron chi connectivity index (χ3n) is 5.11. The van der Waals surface area contributed by atoms with Crippen molar-refractivity contribution in [3.63, 3.8) is 0 Å². The van der Waals surface area contributed by atoms with Gasteiger partial charge in [-0.25, -0.2) is 15.0 Å². The standard InChI is InChI=1S/C21H24N6O2/c1-12(2)18-7-14(27-29-18)20(28)26-16-9-21(3,4)8-15-13(16)10-24-19(25-15)17-11-22-5-6-23-17/h5-7,10-12,16H,8-9H2,1-4H3,(H,26,28)/t16-/m1/s1. The molecule has 0 saturated carbocycles. The molecule has 1 amide bonds. The van der Waals surface area contributed by atoms with Gasteiger partial charge in [-0.1, -0.05) is 32.9 Å². The summed E-state index contributed by atoms with van der Waals surface area (Å²) in [7, 11) is 0. The fraction of sp³-hybridized carbons (Fsp3) is 0.429. The first-order valence-electron chi connectivity index (χ1n) is 9.72. The van der Waals surface area contributed by atoms with Gasteiger partial charge in [-0.2, -0.15) is 0 Å². The van der Waals surface area contributed by atoms with Crippen LogP contribution in [0.5, 0.6) is 0 Å². The number of fused-ring (bicyclic) bond motifs is 1. The highest BCUT2D eigenvalue weighted by atomic mass is 16.5. The molecule has 1 atom stereocenters. The lowest BCUT2D eigenvalue weighted by molar-refractivity contribution is 0.0909. The molecular formula is C21H24N6O2. The number of amides is 1. The van der Waals surface area contributed by atoms with E-state index in [1.165, 1.54) is 0 Å². The molecule has 0 aromatic carbocycles. The van der Waals surface area contributed by atoms with E-state index in [2.05, 4.69) is 39.3 Å². The molecule has 8 heteroatoms. The number of aromatic nitrogens is 5. The zero-order chi connectivity index (χ0) is 20.6. The summed E-state index contributed by atoms with van der Waals surface area (Å²) in [5.41, 5.74) is 2.74. The number of nitrogens with one attached hydrogen (secondary N) is 1. The Morgan fingerprint density at radius 2 is 2.07 bits per heavy atom. The van der Waals surface area contributed by atoms with Crippen molar-refractivity contribution in [1.82, 2.24) is 30.4 Å². The average molecular weight is 392 g/mol. The molecule has 1 N–H and O–H groups in total. The zero-order valence-electron chi connectivity index (χ0n) is 17.0. The van der Waals surface area contributed by atoms with E-state index < -0.39 is 0 Å². The van der Waals surface area contributed by atoms with Crippen LogP contribution >= 0.6 is 0 Å². The van der Waals surface area contributed by atoms with Crippen LogP contribution in [0.25, 0.3) is 11.5 Å². The number of rotatable bonds is 4. The Morgan fingerprint density at radius 1 is 1.24 bits per heavy atom. The minimum absolute atomic E-state index is 0.0220. The predicted octanol–water partition coefficient (Wildman–Crippen LogP) is 3.49. The fourth-order valence-corrected chi connectivity index (χ4v) is 3.61. The molecule has 0 fully saturated rings. The van der Waals surface area contributed by atoms with Crippen LogP contribution in [0.15, 0.2) is 35.4 Å². The Balaban J connectivity index is 1.62. The van der Waals surface area contributed by atoms with Crippen LogP contribution in [-0.4, -0.2) is 31.0 Å². The first-order chi connectivity index (χ1) is 13.8. The van der Waals surface area contributed by atoms with E-state index in [0.29, 0.717) is 17.3 Å². The zero-order valence-corrected chi connectivity index (χ0v) is 17.0. The van der Waals surface area contributed by atoms with Gasteiger partial charge in [0, 0.05) is 36.1 Å². The third kappa shape index (κ3) is 4.01. The van der Waals surface area contributed by atoms with Crippen molar-refractivity contribution in [1.29, 1.82) is 0 Å². The second-order valence-corrected chi connectivity index (χ2v) is 8.53. The van der Waals surface area contributed by atoms with Gasteiger partial charge in [0.15, 0.2) is 11.5 Å². The van der Waals surface area contributed by atoms with Gasteiger partial charge >= 0.3 is 0 Å². The van der Waals surface area contributed by atoms with Gasteiger partial charge < -0.3 is 9.84 Å². The van der Waals surface area contributed by atoms with Gasteiger partial charge in [0.1, 0.15) is 11.5 Å². The second-order valence-electron chi connectivity index (χ2n) is 8.53. The molecule has 29 heavy (non-hydrogen) atoms. The SMILES string of the molecule is CC(C)c1cc(C(=O)N[C@@H]2CC(C)(C)Cc3nc(-c4cnccn4)ncc32)no1. The summed E-state index contributed by atoms with van der Waals surface area (Å²) in [5.74, 6) is 1.15. The van der Waals surface area contributed by atoms with Gasteiger partial charge in [-0.3, -0.25) is 9.78 Å². The number of nitrogens with zero attached hydrogens (tertiary/aromatic N) is 5. The molecule has 0 radical (unpaired) electrons. The molecule has 0 unspecified atom stereocenters. The van der Waals surface area contributed by atoms with Crippen molar-refractivity contribution in [3.05, 3.63) is 53.6 Å². The van der Waals surface area contributed by atoms with Gasteiger partial charge in [0.25, 0.3) is 5.91 Å². The first kappa shape index (κ1) is 19.2. The van der Waals surface area contributed by atoms with Crippen LogP contribution in [0.2, 0.25) is 0 Å². The van der Waals surface area contributed by atoms with E-state index >= 15 is 0 Å². The summed E-state index contributed by atoms with van der Waals surface area (Å²) in [6.07, 6.45) is 8.25. The van der Waals surface area contributed by atoms with Crippen molar-refractivity contribution < 1.29 is 9.32 Å². The summed E-state index contributed by atoms with van der Waals surface area (Å²) in [6, 6.07) is 1.50. The lowest BCUT2D eigenvalue weighted by atomic mass is 9.74. The molecule has 0 spiro atoms. The summed E-state index contributed by atoms with van der Waals surface area (Å²) >= 11 is 0. The van der Waals surface area contributed by atoms with Gasteiger partial charge in [-0.05, 0) is 18.3 Å². The van der Waals surface area contributed by atoms with Crippen LogP contribution in [0.3, 0.4) is 0 Å². The molecular weight excluding hydrogens is 368 g/mol. The predicted molar refractivity (Wildman–Crippen MR) is 106 cm³/mol. The maximum absolute atomic E-state index is 12.8. The van der Waals surface area contributed by atoms with Gasteiger partial charge in [0.2, 0.25) is 0 Å². The average Bonchev–Trinajstić information content (AvgIpc) is 3.18. The summed E-state index contributed by atoms with van der Waals surface area (Å²) < 4.78 is 5.26. The number of carbonyl (C=O) groups is 1. The van der Waals surface area contributed by atoms with Crippen molar-refractivity contribution in [3.8, 4) is 11.5 Å². The third-order valence-corrected chi connectivity index (χ3v) is 5.11. The first-order valence-corrected chi connectivity index (χ1v) is 9.72. The Kier molecular flexibility index (Phi) is 4.86. The number of hydrogen-bond donors (Lipinski definition) is 1. The highest BCUT2D eigenvalue weighted by molar-refractivity contribution is 5.92. The molecule has 3 aromatic heterocycles. The van der Waals surface area contributed by atoms with Crippen molar-refractivity contribution in [2.75, 3.05) is 0 Å². The quantitative estimate of drug-likeness (QED) is 0.724.